The van der Waals surface area contributed by atoms with Crippen LogP contribution in [0.2, 0.25) is 0 Å². The van der Waals surface area contributed by atoms with Crippen LogP contribution in [-0.4, -0.2) is 43.5 Å². The normalized spacial score (nSPS) is 17.1. The van der Waals surface area contributed by atoms with E-state index in [0.717, 1.165) is 36.1 Å². The number of carbonyl (C=O) groups excluding carboxylic acids is 1. The van der Waals surface area contributed by atoms with Crippen molar-refractivity contribution in [2.24, 2.45) is 0 Å². The van der Waals surface area contributed by atoms with Crippen molar-refractivity contribution < 1.29 is 9.53 Å². The van der Waals surface area contributed by atoms with Gasteiger partial charge in [-0.25, -0.2) is 0 Å². The second-order valence-corrected chi connectivity index (χ2v) is 5.61. The van der Waals surface area contributed by atoms with Crippen LogP contribution in [-0.2, 0) is 4.74 Å². The summed E-state index contributed by atoms with van der Waals surface area (Å²) in [4.78, 5) is 14.3. The third-order valence-electron chi connectivity index (χ3n) is 3.35. The Hall–Kier alpha value is -0.710. The minimum atomic E-state index is 0.172. The second-order valence-electron chi connectivity index (χ2n) is 4.69. The van der Waals surface area contributed by atoms with Crippen molar-refractivity contribution >= 4 is 21.7 Å². The molecule has 18 heavy (non-hydrogen) atoms. The summed E-state index contributed by atoms with van der Waals surface area (Å²) in [6, 6.07) is 8.03. The van der Waals surface area contributed by atoms with Gasteiger partial charge in [-0.15, -0.1) is 0 Å². The van der Waals surface area contributed by atoms with E-state index in [2.05, 4.69) is 20.8 Å². The Balaban J connectivity index is 1.94. The maximum atomic E-state index is 12.2. The van der Waals surface area contributed by atoms with Crippen LogP contribution in [0.1, 0.15) is 23.2 Å². The van der Waals surface area contributed by atoms with Crippen molar-refractivity contribution in [2.75, 3.05) is 26.8 Å². The molecule has 1 heterocycles. The average molecular weight is 312 g/mol. The van der Waals surface area contributed by atoms with Crippen molar-refractivity contribution in [1.82, 2.24) is 4.90 Å². The zero-order chi connectivity index (χ0) is 13.0. The molecule has 1 aromatic rings. The van der Waals surface area contributed by atoms with Crippen molar-refractivity contribution in [2.45, 2.75) is 18.9 Å². The first kappa shape index (κ1) is 13.7. The predicted octanol–water partition coefficient (Wildman–Crippen LogP) is 2.74. The molecule has 0 aliphatic carbocycles. The molecule has 1 fully saturated rings. The van der Waals surface area contributed by atoms with Crippen LogP contribution in [0.25, 0.3) is 0 Å². The first-order valence-corrected chi connectivity index (χ1v) is 7.03. The summed E-state index contributed by atoms with van der Waals surface area (Å²) in [6.45, 7) is 2.08. The van der Waals surface area contributed by atoms with Gasteiger partial charge in [0.05, 0.1) is 6.54 Å². The van der Waals surface area contributed by atoms with Gasteiger partial charge in [0, 0.05) is 29.3 Å². The summed E-state index contributed by atoms with van der Waals surface area (Å²) in [5, 5.41) is 0. The van der Waals surface area contributed by atoms with E-state index >= 15 is 0 Å². The number of ether oxygens (including phenoxy) is 1. The van der Waals surface area contributed by atoms with Crippen molar-refractivity contribution in [3.63, 3.8) is 0 Å². The zero-order valence-electron chi connectivity index (χ0n) is 10.6. The molecule has 0 saturated carbocycles. The second kappa shape index (κ2) is 6.45. The average Bonchev–Trinajstić information content (AvgIpc) is 2.39. The summed E-state index contributed by atoms with van der Waals surface area (Å²) in [5.41, 5.74) is 0.767. The molecule has 0 aromatic heterocycles. The Bertz CT molecular complexity index is 416. The minimum Gasteiger partial charge on any atom is -0.381 e. The summed E-state index contributed by atoms with van der Waals surface area (Å²) in [7, 11) is 2.02. The number of hydrogen-bond acceptors (Lipinski definition) is 3. The molecular weight excluding hydrogens is 294 g/mol. The van der Waals surface area contributed by atoms with Gasteiger partial charge in [-0.3, -0.25) is 9.69 Å². The Kier molecular flexibility index (Phi) is 4.92. The SMILES string of the molecule is CN(CC(=O)c1cccc(Br)c1)C1CCOCC1. The number of Topliss-reactive ketones (excluding diaryl/α,β-unsaturated/α-hetero) is 1. The van der Waals surface area contributed by atoms with E-state index in [9.17, 15) is 4.79 Å². The number of hydrogen-bond donors (Lipinski definition) is 0. The van der Waals surface area contributed by atoms with Gasteiger partial charge in [0.1, 0.15) is 0 Å². The van der Waals surface area contributed by atoms with Crippen molar-refractivity contribution in [1.29, 1.82) is 0 Å². The van der Waals surface area contributed by atoms with E-state index in [4.69, 9.17) is 4.74 Å². The lowest BCUT2D eigenvalue weighted by molar-refractivity contribution is 0.0418. The van der Waals surface area contributed by atoms with Gasteiger partial charge in [0.25, 0.3) is 0 Å². The van der Waals surface area contributed by atoms with Gasteiger partial charge in [-0.1, -0.05) is 28.1 Å². The van der Waals surface area contributed by atoms with Crippen LogP contribution in [0.3, 0.4) is 0 Å². The fourth-order valence-corrected chi connectivity index (χ4v) is 2.63. The highest BCUT2D eigenvalue weighted by molar-refractivity contribution is 9.10. The van der Waals surface area contributed by atoms with Gasteiger partial charge in [0.15, 0.2) is 5.78 Å². The van der Waals surface area contributed by atoms with Crippen LogP contribution in [0.5, 0.6) is 0 Å². The van der Waals surface area contributed by atoms with Crippen molar-refractivity contribution in [3.05, 3.63) is 34.3 Å². The van der Waals surface area contributed by atoms with Crippen molar-refractivity contribution in [3.8, 4) is 0 Å². The van der Waals surface area contributed by atoms with Gasteiger partial charge in [0.2, 0.25) is 0 Å². The first-order chi connectivity index (χ1) is 8.66. The van der Waals surface area contributed by atoms with Gasteiger partial charge >= 0.3 is 0 Å². The minimum absolute atomic E-state index is 0.172. The first-order valence-electron chi connectivity index (χ1n) is 6.23. The third kappa shape index (κ3) is 3.64. The molecule has 0 unspecified atom stereocenters. The third-order valence-corrected chi connectivity index (χ3v) is 3.85. The highest BCUT2D eigenvalue weighted by Gasteiger charge is 2.20. The summed E-state index contributed by atoms with van der Waals surface area (Å²) in [5.74, 6) is 0.172. The quantitative estimate of drug-likeness (QED) is 0.801. The standard InChI is InChI=1S/C14H18BrNO2/c1-16(13-5-7-18-8-6-13)10-14(17)11-3-2-4-12(15)9-11/h2-4,9,13H,5-8,10H2,1H3. The number of carbonyl (C=O) groups is 1. The lowest BCUT2D eigenvalue weighted by atomic mass is 10.1. The summed E-state index contributed by atoms with van der Waals surface area (Å²) >= 11 is 3.39. The maximum absolute atomic E-state index is 12.2. The smallest absolute Gasteiger partial charge is 0.176 e. The highest BCUT2D eigenvalue weighted by atomic mass is 79.9. The topological polar surface area (TPSA) is 29.5 Å². The highest BCUT2D eigenvalue weighted by Crippen LogP contribution is 2.15. The Morgan fingerprint density at radius 3 is 2.83 bits per heavy atom. The molecule has 0 bridgehead atoms. The van der Waals surface area contributed by atoms with E-state index in [-0.39, 0.29) is 5.78 Å². The Morgan fingerprint density at radius 2 is 2.17 bits per heavy atom. The molecule has 0 radical (unpaired) electrons. The molecule has 0 spiro atoms. The maximum Gasteiger partial charge on any atom is 0.176 e. The Labute approximate surface area is 116 Å². The molecule has 4 heteroatoms. The summed E-state index contributed by atoms with van der Waals surface area (Å²) in [6.07, 6.45) is 2.03. The number of nitrogens with zero attached hydrogens (tertiary/aromatic N) is 1. The molecule has 1 aliphatic rings. The molecule has 1 aromatic carbocycles. The van der Waals surface area contributed by atoms with Crippen LogP contribution in [0, 0.1) is 0 Å². The molecule has 98 valence electrons. The molecule has 2 rings (SSSR count). The van der Waals surface area contributed by atoms with E-state index in [1.165, 1.54) is 0 Å². The number of likely N-dealkylation sites (N-methyl/N-ethyl adjacent to an activating group) is 1. The predicted molar refractivity (Wildman–Crippen MR) is 74.9 cm³/mol. The van der Waals surface area contributed by atoms with E-state index in [0.29, 0.717) is 12.6 Å². The van der Waals surface area contributed by atoms with Crippen LogP contribution in [0.15, 0.2) is 28.7 Å². The van der Waals surface area contributed by atoms with E-state index < -0.39 is 0 Å². The monoisotopic (exact) mass is 311 g/mol. The largest absolute Gasteiger partial charge is 0.381 e. The zero-order valence-corrected chi connectivity index (χ0v) is 12.1. The molecule has 1 aliphatic heterocycles. The summed E-state index contributed by atoms with van der Waals surface area (Å²) < 4.78 is 6.28. The number of halogens is 1. The van der Waals surface area contributed by atoms with Crippen LogP contribution >= 0.6 is 15.9 Å². The molecular formula is C14H18BrNO2. The van der Waals surface area contributed by atoms with E-state index in [1.807, 2.05) is 31.3 Å². The van der Waals surface area contributed by atoms with Gasteiger partial charge in [-0.2, -0.15) is 0 Å². The van der Waals surface area contributed by atoms with Gasteiger partial charge in [-0.05, 0) is 32.0 Å². The lowest BCUT2D eigenvalue weighted by Crippen LogP contribution is -2.39. The fraction of sp³-hybridized carbons (Fsp3) is 0.500. The number of rotatable bonds is 4. The number of benzene rings is 1. The van der Waals surface area contributed by atoms with Crippen LogP contribution < -0.4 is 0 Å². The lowest BCUT2D eigenvalue weighted by Gasteiger charge is -2.30. The molecule has 0 amide bonds. The Morgan fingerprint density at radius 1 is 1.44 bits per heavy atom. The van der Waals surface area contributed by atoms with E-state index in [1.54, 1.807) is 0 Å². The molecule has 0 atom stereocenters. The number of ketones is 1. The molecule has 0 N–H and O–H groups in total. The fourth-order valence-electron chi connectivity index (χ4n) is 2.23. The van der Waals surface area contributed by atoms with Crippen LogP contribution in [0.4, 0.5) is 0 Å². The van der Waals surface area contributed by atoms with Gasteiger partial charge < -0.3 is 4.74 Å². The molecule has 1 saturated heterocycles. The molecule has 3 nitrogen and oxygen atoms in total.